The third-order valence-electron chi connectivity index (χ3n) is 4.38. The molecule has 4 aromatic rings. The van der Waals surface area contributed by atoms with Crippen LogP contribution in [-0.4, -0.2) is 20.9 Å². The van der Waals surface area contributed by atoms with Crippen LogP contribution in [0.4, 0.5) is 11.6 Å². The second-order valence-electron chi connectivity index (χ2n) is 6.31. The molecule has 0 aliphatic heterocycles. The average molecular weight is 390 g/mol. The number of nitrogens with two attached hydrogens (primary N) is 1. The van der Waals surface area contributed by atoms with Crippen LogP contribution >= 0.6 is 11.6 Å². The summed E-state index contributed by atoms with van der Waals surface area (Å²) in [6.45, 7) is 1.93. The first-order valence-corrected chi connectivity index (χ1v) is 8.94. The van der Waals surface area contributed by atoms with Gasteiger partial charge in [-0.15, -0.1) is 0 Å². The Hall–Kier alpha value is -3.51. The molecule has 0 saturated heterocycles. The topological polar surface area (TPSA) is 93.8 Å². The molecule has 0 bridgehead atoms. The Balaban J connectivity index is 1.78. The number of nitrogens with zero attached hydrogens (tertiary/aromatic N) is 3. The third kappa shape index (κ3) is 3.50. The highest BCUT2D eigenvalue weighted by molar-refractivity contribution is 6.31. The molecular weight excluding hydrogens is 374 g/mol. The zero-order valence-electron chi connectivity index (χ0n) is 15.0. The van der Waals surface area contributed by atoms with Gasteiger partial charge in [0.15, 0.2) is 0 Å². The zero-order valence-corrected chi connectivity index (χ0v) is 15.7. The number of fused-ring (bicyclic) bond motifs is 1. The van der Waals surface area contributed by atoms with Gasteiger partial charge in [0.25, 0.3) is 5.91 Å². The quantitative estimate of drug-likeness (QED) is 0.538. The van der Waals surface area contributed by atoms with Gasteiger partial charge in [-0.25, -0.2) is 9.97 Å². The lowest BCUT2D eigenvalue weighted by Gasteiger charge is -2.12. The van der Waals surface area contributed by atoms with Crippen molar-refractivity contribution in [2.75, 3.05) is 11.1 Å². The number of pyridine rings is 1. The molecule has 7 heteroatoms. The number of aryl methyl sites for hydroxylation is 1. The highest BCUT2D eigenvalue weighted by Gasteiger charge is 2.13. The predicted molar refractivity (Wildman–Crippen MR) is 111 cm³/mol. The molecule has 0 aliphatic rings. The molecule has 0 unspecified atom stereocenters. The van der Waals surface area contributed by atoms with E-state index in [2.05, 4.69) is 20.3 Å². The molecule has 0 radical (unpaired) electrons. The Morgan fingerprint density at radius 1 is 1.04 bits per heavy atom. The Morgan fingerprint density at radius 3 is 2.61 bits per heavy atom. The Morgan fingerprint density at radius 2 is 1.82 bits per heavy atom. The molecule has 4 rings (SSSR count). The first-order chi connectivity index (χ1) is 13.5. The molecule has 1 amide bonds. The zero-order chi connectivity index (χ0) is 19.7. The molecule has 0 fully saturated rings. The number of hydrogen-bond acceptors (Lipinski definition) is 5. The molecule has 2 aromatic carbocycles. The maximum atomic E-state index is 12.5. The van der Waals surface area contributed by atoms with E-state index in [4.69, 9.17) is 17.3 Å². The minimum Gasteiger partial charge on any atom is -0.368 e. The number of anilines is 2. The van der Waals surface area contributed by atoms with Gasteiger partial charge >= 0.3 is 0 Å². The van der Waals surface area contributed by atoms with Crippen molar-refractivity contribution >= 4 is 40.0 Å². The SMILES string of the molecule is Cc1ccc(-c2nc(N)nc3ccc(Cl)cc23)cc1NC(=O)c1ccncc1. The number of nitrogens with one attached hydrogen (secondary N) is 1. The summed E-state index contributed by atoms with van der Waals surface area (Å²) in [7, 11) is 0. The van der Waals surface area contributed by atoms with Crippen molar-refractivity contribution in [2.24, 2.45) is 0 Å². The van der Waals surface area contributed by atoms with Crippen molar-refractivity contribution in [1.82, 2.24) is 15.0 Å². The first kappa shape index (κ1) is 17.9. The van der Waals surface area contributed by atoms with E-state index in [9.17, 15) is 4.79 Å². The van der Waals surface area contributed by atoms with Crippen molar-refractivity contribution in [1.29, 1.82) is 0 Å². The summed E-state index contributed by atoms with van der Waals surface area (Å²) in [5.41, 5.74) is 10.2. The van der Waals surface area contributed by atoms with Gasteiger partial charge in [-0.1, -0.05) is 23.7 Å². The standard InChI is InChI=1S/C21H16ClN5O/c1-12-2-3-14(10-18(12)25-20(28)13-6-8-24-9-7-13)19-16-11-15(22)4-5-17(16)26-21(23)27-19/h2-11H,1H3,(H,25,28)(H2,23,26,27). The third-order valence-corrected chi connectivity index (χ3v) is 4.61. The molecule has 138 valence electrons. The molecule has 0 atom stereocenters. The van der Waals surface area contributed by atoms with E-state index < -0.39 is 0 Å². The monoisotopic (exact) mass is 389 g/mol. The predicted octanol–water partition coefficient (Wildman–Crippen LogP) is 4.49. The molecule has 0 spiro atoms. The number of hydrogen-bond donors (Lipinski definition) is 2. The maximum absolute atomic E-state index is 12.5. The first-order valence-electron chi connectivity index (χ1n) is 8.56. The largest absolute Gasteiger partial charge is 0.368 e. The number of aromatic nitrogens is 3. The average Bonchev–Trinajstić information content (AvgIpc) is 2.70. The number of nitrogen functional groups attached to an aromatic ring is 1. The van der Waals surface area contributed by atoms with E-state index >= 15 is 0 Å². The molecule has 0 aliphatic carbocycles. The van der Waals surface area contributed by atoms with Crippen molar-refractivity contribution in [3.8, 4) is 11.3 Å². The summed E-state index contributed by atoms with van der Waals surface area (Å²) >= 11 is 6.16. The second kappa shape index (κ2) is 7.25. The molecule has 6 nitrogen and oxygen atoms in total. The number of rotatable bonds is 3. The fourth-order valence-electron chi connectivity index (χ4n) is 2.94. The smallest absolute Gasteiger partial charge is 0.255 e. The molecule has 2 heterocycles. The summed E-state index contributed by atoms with van der Waals surface area (Å²) < 4.78 is 0. The number of halogens is 1. The molecular formula is C21H16ClN5O. The van der Waals surface area contributed by atoms with Gasteiger partial charge in [0.2, 0.25) is 5.95 Å². The van der Waals surface area contributed by atoms with Gasteiger partial charge in [0, 0.05) is 39.6 Å². The van der Waals surface area contributed by atoms with Crippen molar-refractivity contribution in [3.05, 3.63) is 77.1 Å². The van der Waals surface area contributed by atoms with E-state index in [0.717, 1.165) is 16.5 Å². The maximum Gasteiger partial charge on any atom is 0.255 e. The van der Waals surface area contributed by atoms with Gasteiger partial charge in [-0.3, -0.25) is 9.78 Å². The molecule has 28 heavy (non-hydrogen) atoms. The molecule has 0 saturated carbocycles. The van der Waals surface area contributed by atoms with Crippen LogP contribution in [0.1, 0.15) is 15.9 Å². The summed E-state index contributed by atoms with van der Waals surface area (Å²) in [6, 6.07) is 14.4. The van der Waals surface area contributed by atoms with Crippen molar-refractivity contribution in [2.45, 2.75) is 6.92 Å². The van der Waals surface area contributed by atoms with E-state index in [1.165, 1.54) is 0 Å². The normalized spacial score (nSPS) is 10.8. The molecule has 2 aromatic heterocycles. The van der Waals surface area contributed by atoms with Crippen LogP contribution in [-0.2, 0) is 0 Å². The van der Waals surface area contributed by atoms with Gasteiger partial charge < -0.3 is 11.1 Å². The van der Waals surface area contributed by atoms with Crippen LogP contribution in [0.3, 0.4) is 0 Å². The van der Waals surface area contributed by atoms with E-state index in [1.807, 2.05) is 25.1 Å². The van der Waals surface area contributed by atoms with Gasteiger partial charge in [-0.05, 0) is 48.9 Å². The Labute approximate surface area is 166 Å². The fraction of sp³-hybridized carbons (Fsp3) is 0.0476. The summed E-state index contributed by atoms with van der Waals surface area (Å²) in [6.07, 6.45) is 3.16. The minimum atomic E-state index is -0.210. The Bertz CT molecular complexity index is 1190. The van der Waals surface area contributed by atoms with Crippen LogP contribution in [0.5, 0.6) is 0 Å². The highest BCUT2D eigenvalue weighted by Crippen LogP contribution is 2.31. The van der Waals surface area contributed by atoms with Crippen LogP contribution in [0.2, 0.25) is 5.02 Å². The Kier molecular flexibility index (Phi) is 4.63. The number of carbonyl (C=O) groups excluding carboxylic acids is 1. The van der Waals surface area contributed by atoms with Crippen LogP contribution in [0.15, 0.2) is 60.9 Å². The minimum absolute atomic E-state index is 0.174. The summed E-state index contributed by atoms with van der Waals surface area (Å²) in [5.74, 6) is -0.0366. The van der Waals surface area contributed by atoms with Crippen LogP contribution in [0.25, 0.3) is 22.2 Å². The van der Waals surface area contributed by atoms with Crippen LogP contribution in [0, 0.1) is 6.92 Å². The van der Waals surface area contributed by atoms with Crippen molar-refractivity contribution < 1.29 is 4.79 Å². The van der Waals surface area contributed by atoms with Gasteiger partial charge in [-0.2, -0.15) is 0 Å². The van der Waals surface area contributed by atoms with Gasteiger partial charge in [0.1, 0.15) is 0 Å². The number of amides is 1. The lowest BCUT2D eigenvalue weighted by molar-refractivity contribution is 0.102. The second-order valence-corrected chi connectivity index (χ2v) is 6.75. The summed E-state index contributed by atoms with van der Waals surface area (Å²) in [4.78, 5) is 25.1. The van der Waals surface area contributed by atoms with Gasteiger partial charge in [0.05, 0.1) is 11.2 Å². The van der Waals surface area contributed by atoms with E-state index in [0.29, 0.717) is 27.5 Å². The molecule has 3 N–H and O–H groups in total. The van der Waals surface area contributed by atoms with E-state index in [-0.39, 0.29) is 11.9 Å². The lowest BCUT2D eigenvalue weighted by Crippen LogP contribution is -2.12. The van der Waals surface area contributed by atoms with Crippen molar-refractivity contribution in [3.63, 3.8) is 0 Å². The summed E-state index contributed by atoms with van der Waals surface area (Å²) in [5, 5.41) is 4.32. The number of benzene rings is 2. The van der Waals surface area contributed by atoms with E-state index in [1.54, 1.807) is 42.7 Å². The lowest BCUT2D eigenvalue weighted by atomic mass is 10.0. The highest BCUT2D eigenvalue weighted by atomic mass is 35.5. The number of carbonyl (C=O) groups is 1. The fourth-order valence-corrected chi connectivity index (χ4v) is 3.11. The van der Waals surface area contributed by atoms with Crippen LogP contribution < -0.4 is 11.1 Å².